The first kappa shape index (κ1) is 25.3. The number of anilines is 1. The van der Waals surface area contributed by atoms with E-state index in [9.17, 15) is 28.8 Å². The van der Waals surface area contributed by atoms with E-state index in [2.05, 4.69) is 10.6 Å². The third kappa shape index (κ3) is 5.24. The average Bonchev–Trinajstić information content (AvgIpc) is 3.09. The molecule has 2 saturated heterocycles. The van der Waals surface area contributed by atoms with Crippen molar-refractivity contribution in [2.75, 3.05) is 25.0 Å². The van der Waals surface area contributed by atoms with Crippen LogP contribution in [0.1, 0.15) is 66.7 Å². The number of fused-ring (bicyclic) bond motifs is 1. The van der Waals surface area contributed by atoms with Crippen molar-refractivity contribution in [3.63, 3.8) is 0 Å². The maximum absolute atomic E-state index is 13.2. The predicted octanol–water partition coefficient (Wildman–Crippen LogP) is 1.92. The standard InChI is InChI=1S/C25H30N4O7/c1-14(2)13-36-25(35)28-10-8-15(9-11-28)12-20(31)26-17-5-3-4-16-21(17)24(34)29(23(16)33)18-6-7-19(30)27-22(18)32/h3-5,14-15,18H,6-13H2,1-2H3,(H,26,31)(H,27,30,32). The number of likely N-dealkylation sites (tertiary alicyclic amines) is 1. The fraction of sp³-hybridized carbons (Fsp3) is 0.520. The highest BCUT2D eigenvalue weighted by atomic mass is 16.6. The molecule has 3 aliphatic heterocycles. The molecule has 1 atom stereocenters. The molecule has 36 heavy (non-hydrogen) atoms. The second-order valence-electron chi connectivity index (χ2n) is 9.83. The summed E-state index contributed by atoms with van der Waals surface area (Å²) in [4.78, 5) is 77.3. The minimum Gasteiger partial charge on any atom is -0.449 e. The van der Waals surface area contributed by atoms with Crippen LogP contribution in [0, 0.1) is 11.8 Å². The third-order valence-electron chi connectivity index (χ3n) is 6.63. The van der Waals surface area contributed by atoms with Crippen LogP contribution >= 0.6 is 0 Å². The van der Waals surface area contributed by atoms with Gasteiger partial charge in [0.25, 0.3) is 11.8 Å². The van der Waals surface area contributed by atoms with Gasteiger partial charge < -0.3 is 15.0 Å². The molecule has 0 saturated carbocycles. The highest BCUT2D eigenvalue weighted by Gasteiger charge is 2.45. The molecule has 0 radical (unpaired) electrons. The smallest absolute Gasteiger partial charge is 0.409 e. The molecule has 3 heterocycles. The van der Waals surface area contributed by atoms with E-state index in [1.54, 1.807) is 17.0 Å². The summed E-state index contributed by atoms with van der Waals surface area (Å²) in [5.74, 6) is -2.42. The Balaban J connectivity index is 1.36. The summed E-state index contributed by atoms with van der Waals surface area (Å²) in [6.45, 7) is 5.31. The Kier molecular flexibility index (Phi) is 7.37. The van der Waals surface area contributed by atoms with Gasteiger partial charge in [0.15, 0.2) is 0 Å². The van der Waals surface area contributed by atoms with Crippen molar-refractivity contribution in [1.82, 2.24) is 15.1 Å². The number of rotatable bonds is 6. The van der Waals surface area contributed by atoms with E-state index in [1.165, 1.54) is 6.07 Å². The van der Waals surface area contributed by atoms with Crippen molar-refractivity contribution >= 4 is 41.3 Å². The fourth-order valence-corrected chi connectivity index (χ4v) is 4.73. The van der Waals surface area contributed by atoms with E-state index < -0.39 is 29.7 Å². The van der Waals surface area contributed by atoms with Gasteiger partial charge >= 0.3 is 6.09 Å². The van der Waals surface area contributed by atoms with Crippen LogP contribution in [0.3, 0.4) is 0 Å². The van der Waals surface area contributed by atoms with Crippen LogP contribution in [0.25, 0.3) is 0 Å². The van der Waals surface area contributed by atoms with Crippen LogP contribution in [0.5, 0.6) is 0 Å². The molecule has 2 fully saturated rings. The fourth-order valence-electron chi connectivity index (χ4n) is 4.73. The summed E-state index contributed by atoms with van der Waals surface area (Å²) in [5.41, 5.74) is 0.360. The zero-order valence-electron chi connectivity index (χ0n) is 20.4. The normalized spacial score (nSPS) is 20.5. The van der Waals surface area contributed by atoms with E-state index >= 15 is 0 Å². The first-order chi connectivity index (χ1) is 17.2. The lowest BCUT2D eigenvalue weighted by molar-refractivity contribution is -0.136. The lowest BCUT2D eigenvalue weighted by Crippen LogP contribution is -2.54. The molecule has 4 rings (SSSR count). The maximum Gasteiger partial charge on any atom is 0.409 e. The number of piperidine rings is 2. The molecule has 11 nitrogen and oxygen atoms in total. The van der Waals surface area contributed by atoms with Crippen LogP contribution in [-0.2, 0) is 19.1 Å². The molecule has 11 heteroatoms. The van der Waals surface area contributed by atoms with E-state index in [1.807, 2.05) is 13.8 Å². The Labute approximate surface area is 208 Å². The van der Waals surface area contributed by atoms with E-state index in [4.69, 9.17) is 4.74 Å². The number of hydrogen-bond donors (Lipinski definition) is 2. The molecule has 1 aromatic rings. The Morgan fingerprint density at radius 2 is 1.81 bits per heavy atom. The number of amides is 6. The Morgan fingerprint density at radius 3 is 2.47 bits per heavy atom. The van der Waals surface area contributed by atoms with Gasteiger partial charge in [-0.25, -0.2) is 4.79 Å². The topological polar surface area (TPSA) is 142 Å². The molecule has 2 N–H and O–H groups in total. The summed E-state index contributed by atoms with van der Waals surface area (Å²) in [6.07, 6.45) is 1.26. The molecule has 0 bridgehead atoms. The molecule has 192 valence electrons. The summed E-state index contributed by atoms with van der Waals surface area (Å²) in [7, 11) is 0. The van der Waals surface area contributed by atoms with Crippen molar-refractivity contribution in [3.8, 4) is 0 Å². The van der Waals surface area contributed by atoms with Gasteiger partial charge in [0.05, 0.1) is 23.4 Å². The van der Waals surface area contributed by atoms with Crippen molar-refractivity contribution < 1.29 is 33.5 Å². The van der Waals surface area contributed by atoms with Gasteiger partial charge in [-0.05, 0) is 43.2 Å². The number of ether oxygens (including phenoxy) is 1. The number of nitrogens with zero attached hydrogens (tertiary/aromatic N) is 2. The van der Waals surface area contributed by atoms with Gasteiger partial charge in [-0.15, -0.1) is 0 Å². The number of nitrogens with one attached hydrogen (secondary N) is 2. The highest BCUT2D eigenvalue weighted by Crippen LogP contribution is 2.33. The molecule has 1 unspecified atom stereocenters. The minimum atomic E-state index is -1.07. The van der Waals surface area contributed by atoms with Gasteiger partial charge in [0.2, 0.25) is 17.7 Å². The number of hydrogen-bond acceptors (Lipinski definition) is 7. The van der Waals surface area contributed by atoms with Crippen molar-refractivity contribution in [2.45, 2.75) is 52.0 Å². The maximum atomic E-state index is 13.2. The summed E-state index contributed by atoms with van der Waals surface area (Å²) in [5, 5.41) is 4.91. The van der Waals surface area contributed by atoms with Gasteiger partial charge in [-0.1, -0.05) is 19.9 Å². The summed E-state index contributed by atoms with van der Waals surface area (Å²) >= 11 is 0. The van der Waals surface area contributed by atoms with Crippen molar-refractivity contribution in [2.24, 2.45) is 11.8 Å². The van der Waals surface area contributed by atoms with Crippen LogP contribution in [0.2, 0.25) is 0 Å². The SMILES string of the molecule is CC(C)COC(=O)N1CCC(CC(=O)Nc2cccc3c2C(=O)N(C2CCC(=O)NC2=O)C3=O)CC1. The van der Waals surface area contributed by atoms with Crippen LogP contribution in [-0.4, -0.2) is 71.2 Å². The predicted molar refractivity (Wildman–Crippen MR) is 127 cm³/mol. The number of carbonyl (C=O) groups is 6. The van der Waals surface area contributed by atoms with Gasteiger partial charge in [-0.2, -0.15) is 0 Å². The zero-order valence-corrected chi connectivity index (χ0v) is 20.4. The molecule has 0 spiro atoms. The molecular weight excluding hydrogens is 468 g/mol. The van der Waals surface area contributed by atoms with Crippen LogP contribution in [0.15, 0.2) is 18.2 Å². The van der Waals surface area contributed by atoms with Crippen molar-refractivity contribution in [1.29, 1.82) is 0 Å². The van der Waals surface area contributed by atoms with E-state index in [-0.39, 0.29) is 59.9 Å². The number of carbonyl (C=O) groups excluding carboxylic acids is 6. The quantitative estimate of drug-likeness (QED) is 0.571. The number of imide groups is 2. The van der Waals surface area contributed by atoms with Crippen molar-refractivity contribution in [3.05, 3.63) is 29.3 Å². The summed E-state index contributed by atoms with van der Waals surface area (Å²) < 4.78 is 5.27. The molecule has 0 aromatic heterocycles. The first-order valence-electron chi connectivity index (χ1n) is 12.2. The zero-order chi connectivity index (χ0) is 26.0. The van der Waals surface area contributed by atoms with E-state index in [0.29, 0.717) is 32.5 Å². The highest BCUT2D eigenvalue weighted by molar-refractivity contribution is 6.26. The molecule has 0 aliphatic carbocycles. The Bertz CT molecular complexity index is 1110. The average molecular weight is 499 g/mol. The third-order valence-corrected chi connectivity index (χ3v) is 6.63. The van der Waals surface area contributed by atoms with Crippen LogP contribution in [0.4, 0.5) is 10.5 Å². The second-order valence-corrected chi connectivity index (χ2v) is 9.83. The first-order valence-corrected chi connectivity index (χ1v) is 12.2. The molecular formula is C25H30N4O7. The molecule has 1 aromatic carbocycles. The van der Waals surface area contributed by atoms with Crippen LogP contribution < -0.4 is 10.6 Å². The largest absolute Gasteiger partial charge is 0.449 e. The number of benzene rings is 1. The lowest BCUT2D eigenvalue weighted by atomic mass is 9.93. The molecule has 3 aliphatic rings. The Hall–Kier alpha value is -3.76. The van der Waals surface area contributed by atoms with E-state index in [0.717, 1.165) is 4.90 Å². The Morgan fingerprint density at radius 1 is 1.08 bits per heavy atom. The van der Waals surface area contributed by atoms with Gasteiger partial charge in [0.1, 0.15) is 6.04 Å². The lowest BCUT2D eigenvalue weighted by Gasteiger charge is -2.31. The summed E-state index contributed by atoms with van der Waals surface area (Å²) in [6, 6.07) is 3.51. The monoisotopic (exact) mass is 498 g/mol. The van der Waals surface area contributed by atoms with Gasteiger partial charge in [-0.3, -0.25) is 34.2 Å². The van der Waals surface area contributed by atoms with Gasteiger partial charge in [0, 0.05) is 25.9 Å². The second kappa shape index (κ2) is 10.5. The molecule has 6 amide bonds. The minimum absolute atomic E-state index is 0.0294.